The van der Waals surface area contributed by atoms with Crippen LogP contribution in [0.4, 0.5) is 5.82 Å². The normalized spacial score (nSPS) is 18.0. The van der Waals surface area contributed by atoms with Crippen LogP contribution in [0.15, 0.2) is 30.3 Å². The molecule has 0 spiro atoms. The molecule has 2 atom stereocenters. The number of fused-ring (bicyclic) bond motifs is 1. The molecular weight excluding hydrogens is 376 g/mol. The zero-order valence-corrected chi connectivity index (χ0v) is 16.5. The first-order chi connectivity index (χ1) is 13.5. The number of likely N-dealkylation sites (N-methyl/N-ethyl adjacent to an activating group) is 1. The molecule has 0 saturated carbocycles. The lowest BCUT2D eigenvalue weighted by molar-refractivity contribution is -0.121. The predicted octanol–water partition coefficient (Wildman–Crippen LogP) is 1.72. The number of aromatic nitrogens is 4. The molecule has 0 saturated heterocycles. The van der Waals surface area contributed by atoms with Gasteiger partial charge in [-0.15, -0.1) is 21.5 Å². The van der Waals surface area contributed by atoms with Crippen molar-refractivity contribution < 1.29 is 9.90 Å². The second-order valence-electron chi connectivity index (χ2n) is 6.86. The molecule has 4 rings (SSSR count). The van der Waals surface area contributed by atoms with Gasteiger partial charge in [0.25, 0.3) is 0 Å². The molecule has 0 aliphatic carbocycles. The number of anilines is 1. The van der Waals surface area contributed by atoms with Gasteiger partial charge in [0.15, 0.2) is 12.1 Å². The van der Waals surface area contributed by atoms with Crippen LogP contribution in [0.1, 0.15) is 39.7 Å². The summed E-state index contributed by atoms with van der Waals surface area (Å²) < 4.78 is 0. The molecule has 3 N–H and O–H groups in total. The van der Waals surface area contributed by atoms with Crippen LogP contribution in [-0.2, 0) is 17.6 Å². The Balaban J connectivity index is 1.43. The summed E-state index contributed by atoms with van der Waals surface area (Å²) >= 11 is 1.61. The number of H-pyrrole nitrogens is 1. The number of nitrogens with zero attached hydrogens (tertiary/aromatic N) is 4. The van der Waals surface area contributed by atoms with Crippen molar-refractivity contribution in [1.29, 1.82) is 0 Å². The smallest absolute Gasteiger partial charge is 0.245 e. The Bertz CT molecular complexity index is 970. The highest BCUT2D eigenvalue weighted by Crippen LogP contribution is 2.30. The standard InChI is InChI=1S/C19H22N6O2S/c1-11-20-17-14(28-11)9-8-13(19(27)25(17)2)21-18(26)16-22-15(23-24-16)10-12-6-4-3-5-7-12/h3-7,13,18,21,26H,8-10H2,1-2H3,(H,22,23,24)/t13-,18?/m0/s1. The van der Waals surface area contributed by atoms with E-state index >= 15 is 0 Å². The number of hydrogen-bond donors (Lipinski definition) is 3. The number of thiazole rings is 1. The van der Waals surface area contributed by atoms with Crippen LogP contribution in [0.5, 0.6) is 0 Å². The van der Waals surface area contributed by atoms with Gasteiger partial charge in [0.1, 0.15) is 11.6 Å². The number of nitrogens with one attached hydrogen (secondary N) is 2. The molecule has 1 aliphatic heterocycles. The maximum atomic E-state index is 12.8. The summed E-state index contributed by atoms with van der Waals surface area (Å²) in [7, 11) is 1.72. The highest BCUT2D eigenvalue weighted by Gasteiger charge is 2.32. The second kappa shape index (κ2) is 7.78. The number of hydrogen-bond acceptors (Lipinski definition) is 7. The van der Waals surface area contributed by atoms with E-state index in [1.807, 2.05) is 37.3 Å². The summed E-state index contributed by atoms with van der Waals surface area (Å²) in [4.78, 5) is 23.0. The molecule has 1 amide bonds. The molecule has 8 nitrogen and oxygen atoms in total. The average molecular weight is 398 g/mol. The van der Waals surface area contributed by atoms with E-state index in [1.54, 1.807) is 23.3 Å². The number of amides is 1. The van der Waals surface area contributed by atoms with Crippen LogP contribution in [0.3, 0.4) is 0 Å². The zero-order valence-electron chi connectivity index (χ0n) is 15.7. The minimum absolute atomic E-state index is 0.118. The monoisotopic (exact) mass is 398 g/mol. The number of aryl methyl sites for hydroxylation is 2. The fourth-order valence-corrected chi connectivity index (χ4v) is 4.33. The minimum Gasteiger partial charge on any atom is -0.371 e. The third kappa shape index (κ3) is 3.82. The van der Waals surface area contributed by atoms with Crippen molar-refractivity contribution >= 4 is 23.1 Å². The average Bonchev–Trinajstić information content (AvgIpc) is 3.28. The van der Waals surface area contributed by atoms with Crippen LogP contribution >= 0.6 is 11.3 Å². The van der Waals surface area contributed by atoms with Crippen molar-refractivity contribution in [3.63, 3.8) is 0 Å². The maximum Gasteiger partial charge on any atom is 0.245 e. The molecule has 146 valence electrons. The molecular formula is C19H22N6O2S. The summed E-state index contributed by atoms with van der Waals surface area (Å²) in [6.07, 6.45) is 0.804. The van der Waals surface area contributed by atoms with Crippen LogP contribution in [0, 0.1) is 6.92 Å². The van der Waals surface area contributed by atoms with E-state index in [9.17, 15) is 9.90 Å². The first-order valence-corrected chi connectivity index (χ1v) is 9.96. The van der Waals surface area contributed by atoms with E-state index in [1.165, 1.54) is 0 Å². The van der Waals surface area contributed by atoms with Gasteiger partial charge in [0, 0.05) is 18.3 Å². The quantitative estimate of drug-likeness (QED) is 0.565. The predicted molar refractivity (Wildman–Crippen MR) is 106 cm³/mol. The molecule has 28 heavy (non-hydrogen) atoms. The van der Waals surface area contributed by atoms with Crippen LogP contribution in [0.2, 0.25) is 0 Å². The first kappa shape index (κ1) is 18.7. The molecule has 3 heterocycles. The summed E-state index contributed by atoms with van der Waals surface area (Å²) in [5, 5.41) is 22.6. The van der Waals surface area contributed by atoms with Gasteiger partial charge in [0.05, 0.1) is 11.0 Å². The molecule has 9 heteroatoms. The highest BCUT2D eigenvalue weighted by molar-refractivity contribution is 7.12. The first-order valence-electron chi connectivity index (χ1n) is 9.14. The Morgan fingerprint density at radius 3 is 2.93 bits per heavy atom. The van der Waals surface area contributed by atoms with Crippen molar-refractivity contribution in [2.45, 2.75) is 38.5 Å². The Labute approximate surface area is 166 Å². The van der Waals surface area contributed by atoms with E-state index in [0.29, 0.717) is 24.5 Å². The molecule has 0 fully saturated rings. The van der Waals surface area contributed by atoms with Gasteiger partial charge in [-0.05, 0) is 25.3 Å². The van der Waals surface area contributed by atoms with Crippen molar-refractivity contribution in [2.75, 3.05) is 11.9 Å². The van der Waals surface area contributed by atoms with Crippen molar-refractivity contribution in [1.82, 2.24) is 25.5 Å². The van der Waals surface area contributed by atoms with Gasteiger partial charge in [-0.1, -0.05) is 30.3 Å². The Morgan fingerprint density at radius 1 is 1.36 bits per heavy atom. The maximum absolute atomic E-state index is 12.8. The van der Waals surface area contributed by atoms with Gasteiger partial charge >= 0.3 is 0 Å². The van der Waals surface area contributed by atoms with Crippen LogP contribution in [0.25, 0.3) is 0 Å². The van der Waals surface area contributed by atoms with Gasteiger partial charge in [0.2, 0.25) is 5.91 Å². The largest absolute Gasteiger partial charge is 0.371 e. The third-order valence-corrected chi connectivity index (χ3v) is 5.79. The molecule has 1 aliphatic rings. The molecule has 2 aromatic heterocycles. The van der Waals surface area contributed by atoms with Crippen molar-refractivity contribution in [3.05, 3.63) is 57.4 Å². The lowest BCUT2D eigenvalue weighted by Crippen LogP contribution is -2.46. The fourth-order valence-electron chi connectivity index (χ4n) is 3.35. The van der Waals surface area contributed by atoms with E-state index in [0.717, 1.165) is 27.7 Å². The van der Waals surface area contributed by atoms with Crippen molar-refractivity contribution in [2.24, 2.45) is 0 Å². The van der Waals surface area contributed by atoms with Crippen LogP contribution < -0.4 is 10.2 Å². The summed E-state index contributed by atoms with van der Waals surface area (Å²) in [6.45, 7) is 1.94. The Morgan fingerprint density at radius 2 is 2.14 bits per heavy atom. The minimum atomic E-state index is -1.11. The number of aromatic amines is 1. The Hall–Kier alpha value is -2.62. The van der Waals surface area contributed by atoms with E-state index in [-0.39, 0.29) is 5.91 Å². The molecule has 0 radical (unpaired) electrons. The van der Waals surface area contributed by atoms with E-state index in [4.69, 9.17) is 0 Å². The number of carbonyl (C=O) groups excluding carboxylic acids is 1. The summed E-state index contributed by atoms with van der Waals surface area (Å²) in [6, 6.07) is 9.37. The van der Waals surface area contributed by atoms with Gasteiger partial charge < -0.3 is 10.1 Å². The van der Waals surface area contributed by atoms with Crippen molar-refractivity contribution in [3.8, 4) is 0 Å². The Kier molecular flexibility index (Phi) is 5.21. The number of aliphatic hydroxyl groups is 1. The molecule has 1 unspecified atom stereocenters. The number of rotatable bonds is 5. The highest BCUT2D eigenvalue weighted by atomic mass is 32.1. The topological polar surface area (TPSA) is 107 Å². The number of aliphatic hydroxyl groups excluding tert-OH is 1. The van der Waals surface area contributed by atoms with E-state index < -0.39 is 12.3 Å². The lowest BCUT2D eigenvalue weighted by atomic mass is 10.1. The second-order valence-corrected chi connectivity index (χ2v) is 8.14. The molecule has 3 aromatic rings. The third-order valence-electron chi connectivity index (χ3n) is 4.77. The SMILES string of the molecule is Cc1nc2c(s1)CC[C@H](NC(O)c1nnc(Cc3ccccc3)[nH]1)C(=O)N2C. The van der Waals surface area contributed by atoms with Gasteiger partial charge in [-0.3, -0.25) is 15.0 Å². The van der Waals surface area contributed by atoms with Crippen LogP contribution in [-0.4, -0.2) is 44.3 Å². The van der Waals surface area contributed by atoms with Gasteiger partial charge in [-0.25, -0.2) is 4.98 Å². The molecule has 1 aromatic carbocycles. The number of carbonyl (C=O) groups is 1. The zero-order chi connectivity index (χ0) is 19.7. The summed E-state index contributed by atoms with van der Waals surface area (Å²) in [5.41, 5.74) is 1.10. The van der Waals surface area contributed by atoms with Gasteiger partial charge in [-0.2, -0.15) is 0 Å². The molecule has 0 bridgehead atoms. The fraction of sp³-hybridized carbons (Fsp3) is 0.368. The van der Waals surface area contributed by atoms with E-state index in [2.05, 4.69) is 25.5 Å². The summed E-state index contributed by atoms with van der Waals surface area (Å²) in [5.74, 6) is 1.56. The lowest BCUT2D eigenvalue weighted by Gasteiger charge is -2.22. The number of benzene rings is 1.